The smallest absolute Gasteiger partial charge is 0.319 e. The molecule has 0 radical (unpaired) electrons. The van der Waals surface area contributed by atoms with Crippen molar-refractivity contribution in [3.63, 3.8) is 0 Å². The Hall–Kier alpha value is -2.68. The van der Waals surface area contributed by atoms with Crippen LogP contribution in [0.2, 0.25) is 5.02 Å². The third-order valence-electron chi connectivity index (χ3n) is 10.8. The molecule has 9 heteroatoms. The van der Waals surface area contributed by atoms with Crippen molar-refractivity contribution in [3.05, 3.63) is 59.0 Å². The maximum Gasteiger partial charge on any atom is 0.319 e. The van der Waals surface area contributed by atoms with Gasteiger partial charge in [-0.3, -0.25) is 19.0 Å². The zero-order chi connectivity index (χ0) is 32.0. The number of amides is 3. The molecule has 5 atom stereocenters. The fraction of sp³-hybridized carbons (Fsp3) is 0.629. The molecule has 3 aliphatic rings. The molecule has 1 saturated carbocycles. The lowest BCUT2D eigenvalue weighted by molar-refractivity contribution is -0.840. The normalized spacial score (nSPS) is 29.5. The molecule has 1 aliphatic carbocycles. The van der Waals surface area contributed by atoms with Gasteiger partial charge in [0, 0.05) is 49.1 Å². The van der Waals surface area contributed by atoms with Crippen molar-refractivity contribution in [1.29, 1.82) is 0 Å². The summed E-state index contributed by atoms with van der Waals surface area (Å²) in [6, 6.07) is 8.74. The van der Waals surface area contributed by atoms with E-state index in [1.807, 2.05) is 36.2 Å². The Morgan fingerprint density at radius 1 is 1.05 bits per heavy atom. The van der Waals surface area contributed by atoms with Gasteiger partial charge in [0.15, 0.2) is 6.04 Å². The van der Waals surface area contributed by atoms with Crippen LogP contribution in [0.3, 0.4) is 0 Å². The standard InChI is InChI=1S/C35H49ClN4O4/c1-34(2,3)38-19-28(23-8-10-25(36)11-9-23)29(20-38)33(43)40(7)21-27(18-30(40)31(41)37-6)39(32(42)24-14-17-44-22-24)26-12-15-35(4,5)16-13-26/h8-11,14,17,22,26-30H,12-13,15-16,18-21H2,1-7H3/p+1/t27-,28-,29+,30-,40?/m0/s1. The highest BCUT2D eigenvalue weighted by Crippen LogP contribution is 2.43. The lowest BCUT2D eigenvalue weighted by Crippen LogP contribution is -2.61. The summed E-state index contributed by atoms with van der Waals surface area (Å²) in [5.41, 5.74) is 1.71. The molecule has 44 heavy (non-hydrogen) atoms. The number of carbonyl (C=O) groups is 3. The summed E-state index contributed by atoms with van der Waals surface area (Å²) in [4.78, 5) is 47.0. The highest BCUT2D eigenvalue weighted by atomic mass is 35.5. The minimum Gasteiger partial charge on any atom is -0.472 e. The Balaban J connectivity index is 1.50. The molecule has 2 saturated heterocycles. The first kappa shape index (κ1) is 32.7. The first-order chi connectivity index (χ1) is 20.6. The molecule has 3 fully saturated rings. The van der Waals surface area contributed by atoms with Gasteiger partial charge in [-0.2, -0.15) is 0 Å². The van der Waals surface area contributed by atoms with Crippen LogP contribution in [0, 0.1) is 11.3 Å². The number of hydrogen-bond acceptors (Lipinski definition) is 5. The van der Waals surface area contributed by atoms with E-state index in [0.717, 1.165) is 37.8 Å². The fourth-order valence-electron chi connectivity index (χ4n) is 7.96. The molecule has 3 heterocycles. The van der Waals surface area contributed by atoms with E-state index in [-0.39, 0.29) is 57.1 Å². The van der Waals surface area contributed by atoms with Gasteiger partial charge < -0.3 is 14.6 Å². The predicted molar refractivity (Wildman–Crippen MR) is 172 cm³/mol. The molecule has 1 aromatic carbocycles. The molecule has 2 aromatic rings. The average Bonchev–Trinajstić information content (AvgIpc) is 3.73. The quantitative estimate of drug-likeness (QED) is 0.416. The number of likely N-dealkylation sites (tertiary alicyclic amines) is 2. The van der Waals surface area contributed by atoms with E-state index in [4.69, 9.17) is 16.0 Å². The first-order valence-corrected chi connectivity index (χ1v) is 16.5. The summed E-state index contributed by atoms with van der Waals surface area (Å²) in [5, 5.41) is 3.51. The summed E-state index contributed by atoms with van der Waals surface area (Å²) in [6.45, 7) is 12.9. The van der Waals surface area contributed by atoms with Gasteiger partial charge in [-0.25, -0.2) is 4.79 Å². The van der Waals surface area contributed by atoms with E-state index in [2.05, 4.69) is 44.8 Å². The van der Waals surface area contributed by atoms with Gasteiger partial charge in [-0.05, 0) is 75.6 Å². The van der Waals surface area contributed by atoms with Crippen LogP contribution < -0.4 is 5.32 Å². The Morgan fingerprint density at radius 2 is 1.70 bits per heavy atom. The van der Waals surface area contributed by atoms with Gasteiger partial charge in [0.2, 0.25) is 0 Å². The van der Waals surface area contributed by atoms with Crippen molar-refractivity contribution in [3.8, 4) is 0 Å². The van der Waals surface area contributed by atoms with Gasteiger partial charge in [0.1, 0.15) is 12.8 Å². The molecule has 3 amide bonds. The second-order valence-corrected chi connectivity index (χ2v) is 15.7. The van der Waals surface area contributed by atoms with Gasteiger partial charge >= 0.3 is 5.91 Å². The van der Waals surface area contributed by atoms with Crippen molar-refractivity contribution < 1.29 is 23.3 Å². The van der Waals surface area contributed by atoms with Crippen LogP contribution in [0.1, 0.15) is 88.6 Å². The number of hydrogen-bond donors (Lipinski definition) is 1. The molecule has 2 aliphatic heterocycles. The molecule has 0 spiro atoms. The topological polar surface area (TPSA) is 82.9 Å². The molecule has 5 rings (SSSR count). The number of nitrogens with zero attached hydrogens (tertiary/aromatic N) is 3. The van der Waals surface area contributed by atoms with Crippen molar-refractivity contribution in [1.82, 2.24) is 15.1 Å². The van der Waals surface area contributed by atoms with Crippen LogP contribution >= 0.6 is 11.6 Å². The van der Waals surface area contributed by atoms with E-state index in [0.29, 0.717) is 30.1 Å². The number of nitrogens with one attached hydrogen (secondary N) is 1. The van der Waals surface area contributed by atoms with Crippen molar-refractivity contribution in [2.75, 3.05) is 33.7 Å². The van der Waals surface area contributed by atoms with E-state index >= 15 is 0 Å². The molecule has 1 N–H and O–H groups in total. The van der Waals surface area contributed by atoms with E-state index < -0.39 is 6.04 Å². The van der Waals surface area contributed by atoms with Gasteiger partial charge in [-0.1, -0.05) is 37.6 Å². The highest BCUT2D eigenvalue weighted by molar-refractivity contribution is 6.30. The van der Waals surface area contributed by atoms with Crippen LogP contribution in [0.15, 0.2) is 47.3 Å². The molecule has 8 nitrogen and oxygen atoms in total. The Morgan fingerprint density at radius 3 is 2.27 bits per heavy atom. The SMILES string of the molecule is CNC(=O)[C@@H]1C[C@H](N(C(=O)c2ccoc2)C2CCC(C)(C)CC2)C[N+]1(C)C(=O)[C@@H]1CN(C(C)(C)C)C[C@H]1c1ccc(Cl)cc1. The van der Waals surface area contributed by atoms with Crippen LogP contribution in [-0.4, -0.2) is 89.4 Å². The van der Waals surface area contributed by atoms with Gasteiger partial charge in [-0.15, -0.1) is 0 Å². The van der Waals surface area contributed by atoms with E-state index in [1.165, 1.54) is 12.5 Å². The van der Waals surface area contributed by atoms with Crippen molar-refractivity contribution in [2.24, 2.45) is 11.3 Å². The Bertz CT molecular complexity index is 1340. The van der Waals surface area contributed by atoms with Gasteiger partial charge in [0.05, 0.1) is 30.8 Å². The summed E-state index contributed by atoms with van der Waals surface area (Å²) in [7, 11) is 3.56. The maximum absolute atomic E-state index is 15.0. The second-order valence-electron chi connectivity index (χ2n) is 15.3. The predicted octanol–water partition coefficient (Wildman–Crippen LogP) is 5.72. The first-order valence-electron chi connectivity index (χ1n) is 16.1. The van der Waals surface area contributed by atoms with Crippen molar-refractivity contribution >= 4 is 29.3 Å². The van der Waals surface area contributed by atoms with Crippen LogP contribution in [0.4, 0.5) is 0 Å². The van der Waals surface area contributed by atoms with Gasteiger partial charge in [0.25, 0.3) is 11.8 Å². The fourth-order valence-corrected chi connectivity index (χ4v) is 8.09. The zero-order valence-corrected chi connectivity index (χ0v) is 28.2. The number of likely N-dealkylation sites (N-methyl/N-ethyl adjacent to an activating group) is 2. The zero-order valence-electron chi connectivity index (χ0n) is 27.4. The molecule has 1 aromatic heterocycles. The summed E-state index contributed by atoms with van der Waals surface area (Å²) in [6.07, 6.45) is 7.32. The maximum atomic E-state index is 15.0. The molecule has 240 valence electrons. The summed E-state index contributed by atoms with van der Waals surface area (Å²) >= 11 is 6.24. The molecular weight excluding hydrogens is 576 g/mol. The third kappa shape index (κ3) is 6.35. The van der Waals surface area contributed by atoms with Crippen LogP contribution in [0.5, 0.6) is 0 Å². The Kier molecular flexibility index (Phi) is 9.11. The Labute approximate surface area is 267 Å². The average molecular weight is 626 g/mol. The highest BCUT2D eigenvalue weighted by Gasteiger charge is 2.59. The minimum absolute atomic E-state index is 0.0234. The van der Waals surface area contributed by atoms with E-state index in [1.54, 1.807) is 13.1 Å². The summed E-state index contributed by atoms with van der Waals surface area (Å²) in [5.74, 6) is -0.503. The largest absolute Gasteiger partial charge is 0.472 e. The van der Waals surface area contributed by atoms with Crippen LogP contribution in [-0.2, 0) is 9.59 Å². The number of quaternary nitrogens is 1. The number of furan rings is 1. The molecular formula is C35H50ClN4O4+. The number of halogens is 1. The minimum atomic E-state index is -0.591. The van der Waals surface area contributed by atoms with E-state index in [9.17, 15) is 14.4 Å². The summed E-state index contributed by atoms with van der Waals surface area (Å²) < 4.78 is 5.29. The number of benzene rings is 1. The van der Waals surface area contributed by atoms with Crippen molar-refractivity contribution in [2.45, 2.75) is 96.3 Å². The lowest BCUT2D eigenvalue weighted by Gasteiger charge is -2.42. The molecule has 1 unspecified atom stereocenters. The number of carbonyl (C=O) groups excluding carboxylic acids is 3. The number of rotatable bonds is 6. The third-order valence-corrected chi connectivity index (χ3v) is 11.1. The van der Waals surface area contributed by atoms with Crippen LogP contribution in [0.25, 0.3) is 0 Å². The monoisotopic (exact) mass is 625 g/mol. The molecule has 0 bridgehead atoms. The lowest BCUT2D eigenvalue weighted by atomic mass is 9.75. The second kappa shape index (κ2) is 12.3.